The standard InChI is InChI=1S/C21H31N5O2S2.HI/c1-2-22-21(23-12-13-25-30(27,28)20-11-8-16-29-20)24-17-19(26-14-6-7-15-26)18-9-4-3-5-10-18;/h3-5,8-11,16,19,25H,2,6-7,12-15,17H2,1H3,(H2,22,23,24);1H. The van der Waals surface area contributed by atoms with E-state index in [1.54, 1.807) is 17.5 Å². The van der Waals surface area contributed by atoms with Crippen LogP contribution in [0.2, 0.25) is 0 Å². The zero-order valence-electron chi connectivity index (χ0n) is 17.8. The Morgan fingerprint density at radius 3 is 2.48 bits per heavy atom. The van der Waals surface area contributed by atoms with E-state index in [1.165, 1.54) is 29.7 Å². The zero-order valence-corrected chi connectivity index (χ0v) is 21.8. The molecule has 1 atom stereocenters. The van der Waals surface area contributed by atoms with Gasteiger partial charge in [-0.1, -0.05) is 36.4 Å². The Morgan fingerprint density at radius 1 is 1.10 bits per heavy atom. The fourth-order valence-corrected chi connectivity index (χ4v) is 5.60. The van der Waals surface area contributed by atoms with E-state index in [0.717, 1.165) is 19.6 Å². The van der Waals surface area contributed by atoms with Gasteiger partial charge in [0.2, 0.25) is 10.0 Å². The van der Waals surface area contributed by atoms with Crippen LogP contribution in [0.25, 0.3) is 0 Å². The van der Waals surface area contributed by atoms with E-state index < -0.39 is 10.0 Å². The average Bonchev–Trinajstić information content (AvgIpc) is 3.46. The number of hydrogen-bond donors (Lipinski definition) is 3. The molecule has 1 aliphatic heterocycles. The lowest BCUT2D eigenvalue weighted by Gasteiger charge is -2.27. The summed E-state index contributed by atoms with van der Waals surface area (Å²) in [7, 11) is -3.44. The van der Waals surface area contributed by atoms with Crippen molar-refractivity contribution in [3.63, 3.8) is 0 Å². The Hall–Kier alpha value is -1.21. The Morgan fingerprint density at radius 2 is 1.84 bits per heavy atom. The van der Waals surface area contributed by atoms with Crippen LogP contribution in [0.15, 0.2) is 57.0 Å². The van der Waals surface area contributed by atoms with Crippen molar-refractivity contribution >= 4 is 51.3 Å². The van der Waals surface area contributed by atoms with Gasteiger partial charge < -0.3 is 10.6 Å². The van der Waals surface area contributed by atoms with Gasteiger partial charge in [0.15, 0.2) is 5.96 Å². The third kappa shape index (κ3) is 8.01. The maximum atomic E-state index is 12.2. The number of sulfonamides is 1. The molecule has 172 valence electrons. The average molecular weight is 578 g/mol. The van der Waals surface area contributed by atoms with E-state index in [-0.39, 0.29) is 30.0 Å². The zero-order chi connectivity index (χ0) is 21.2. The normalized spacial score (nSPS) is 16.0. The molecular formula is C21H32IN5O2S2. The Labute approximate surface area is 206 Å². The molecule has 1 fully saturated rings. The largest absolute Gasteiger partial charge is 0.357 e. The van der Waals surface area contributed by atoms with Crippen LogP contribution < -0.4 is 15.4 Å². The van der Waals surface area contributed by atoms with Crippen molar-refractivity contribution in [3.05, 3.63) is 53.4 Å². The summed E-state index contributed by atoms with van der Waals surface area (Å²) in [5.74, 6) is 0.702. The molecule has 31 heavy (non-hydrogen) atoms. The summed E-state index contributed by atoms with van der Waals surface area (Å²) in [5, 5.41) is 8.24. The third-order valence-electron chi connectivity index (χ3n) is 5.00. The van der Waals surface area contributed by atoms with Gasteiger partial charge >= 0.3 is 0 Å². The molecule has 2 heterocycles. The molecule has 0 bridgehead atoms. The third-order valence-corrected chi connectivity index (χ3v) is 7.86. The summed E-state index contributed by atoms with van der Waals surface area (Å²) in [6.07, 6.45) is 2.46. The maximum absolute atomic E-state index is 12.2. The summed E-state index contributed by atoms with van der Waals surface area (Å²) in [4.78, 5) is 7.29. The van der Waals surface area contributed by atoms with Gasteiger partial charge in [-0.05, 0) is 49.9 Å². The minimum Gasteiger partial charge on any atom is -0.357 e. The van der Waals surface area contributed by atoms with Crippen molar-refractivity contribution in [1.82, 2.24) is 20.3 Å². The molecule has 1 aromatic carbocycles. The Balaban J connectivity index is 0.00000341. The molecule has 0 radical (unpaired) electrons. The van der Waals surface area contributed by atoms with Gasteiger partial charge in [-0.15, -0.1) is 35.3 Å². The summed E-state index contributed by atoms with van der Waals surface area (Å²) in [6, 6.07) is 14.1. The number of thiophene rings is 1. The van der Waals surface area contributed by atoms with Crippen molar-refractivity contribution in [1.29, 1.82) is 0 Å². The molecule has 2 aromatic rings. The fraction of sp³-hybridized carbons (Fsp3) is 0.476. The van der Waals surface area contributed by atoms with Crippen molar-refractivity contribution in [2.45, 2.75) is 30.0 Å². The minimum absolute atomic E-state index is 0. The molecule has 1 saturated heterocycles. The van der Waals surface area contributed by atoms with Gasteiger partial charge in [0.1, 0.15) is 4.21 Å². The van der Waals surface area contributed by atoms with Crippen LogP contribution in [0.4, 0.5) is 0 Å². The van der Waals surface area contributed by atoms with Crippen LogP contribution in [0, 0.1) is 0 Å². The van der Waals surface area contributed by atoms with E-state index >= 15 is 0 Å². The number of hydrogen-bond acceptors (Lipinski definition) is 5. The van der Waals surface area contributed by atoms with Crippen LogP contribution >= 0.6 is 35.3 Å². The fourth-order valence-electron chi connectivity index (χ4n) is 3.53. The summed E-state index contributed by atoms with van der Waals surface area (Å²) < 4.78 is 27.4. The molecule has 7 nitrogen and oxygen atoms in total. The molecule has 10 heteroatoms. The number of benzene rings is 1. The molecular weight excluding hydrogens is 545 g/mol. The smallest absolute Gasteiger partial charge is 0.250 e. The van der Waals surface area contributed by atoms with Gasteiger partial charge in [-0.2, -0.15) is 0 Å². The summed E-state index contributed by atoms with van der Waals surface area (Å²) >= 11 is 1.21. The highest BCUT2D eigenvalue weighted by molar-refractivity contribution is 14.0. The van der Waals surface area contributed by atoms with E-state index in [0.29, 0.717) is 29.8 Å². The molecule has 0 spiro atoms. The highest BCUT2D eigenvalue weighted by Gasteiger charge is 2.23. The van der Waals surface area contributed by atoms with Crippen LogP contribution in [-0.2, 0) is 10.0 Å². The first kappa shape index (κ1) is 26.0. The van der Waals surface area contributed by atoms with Gasteiger partial charge in [-0.25, -0.2) is 13.1 Å². The first-order valence-electron chi connectivity index (χ1n) is 10.4. The van der Waals surface area contributed by atoms with Crippen LogP contribution in [0.1, 0.15) is 31.4 Å². The Bertz CT molecular complexity index is 886. The summed E-state index contributed by atoms with van der Waals surface area (Å²) in [5.41, 5.74) is 1.28. The van der Waals surface area contributed by atoms with Gasteiger partial charge in [0.05, 0.1) is 12.6 Å². The topological polar surface area (TPSA) is 85.8 Å². The van der Waals surface area contributed by atoms with E-state index in [4.69, 9.17) is 4.99 Å². The predicted molar refractivity (Wildman–Crippen MR) is 139 cm³/mol. The number of nitrogens with one attached hydrogen (secondary N) is 3. The van der Waals surface area contributed by atoms with E-state index in [9.17, 15) is 8.42 Å². The molecule has 0 aliphatic carbocycles. The SMILES string of the molecule is CCNC(=NCC(c1ccccc1)N1CCCC1)NCCNS(=O)(=O)c1cccs1.I. The highest BCUT2D eigenvalue weighted by atomic mass is 127. The second-order valence-electron chi connectivity index (χ2n) is 7.15. The van der Waals surface area contributed by atoms with Crippen LogP contribution in [-0.4, -0.2) is 58.5 Å². The van der Waals surface area contributed by atoms with E-state index in [1.807, 2.05) is 13.0 Å². The molecule has 1 aromatic heterocycles. The maximum Gasteiger partial charge on any atom is 0.250 e. The number of nitrogens with zero attached hydrogens (tertiary/aromatic N) is 2. The first-order chi connectivity index (χ1) is 14.6. The summed E-state index contributed by atoms with van der Waals surface area (Å²) in [6.45, 7) is 6.36. The van der Waals surface area contributed by atoms with Crippen molar-refractivity contribution in [2.24, 2.45) is 4.99 Å². The van der Waals surface area contributed by atoms with Gasteiger partial charge in [0.25, 0.3) is 0 Å². The highest BCUT2D eigenvalue weighted by Crippen LogP contribution is 2.25. The van der Waals surface area contributed by atoms with Crippen molar-refractivity contribution in [2.75, 3.05) is 39.3 Å². The second kappa shape index (κ2) is 13.4. The second-order valence-corrected chi connectivity index (χ2v) is 10.1. The molecule has 3 N–H and O–H groups in total. The van der Waals surface area contributed by atoms with E-state index in [2.05, 4.69) is 44.5 Å². The number of aliphatic imine (C=N–C) groups is 1. The monoisotopic (exact) mass is 577 g/mol. The minimum atomic E-state index is -3.44. The molecule has 1 aliphatic rings. The first-order valence-corrected chi connectivity index (χ1v) is 12.8. The molecule has 3 rings (SSSR count). The predicted octanol–water partition coefficient (Wildman–Crippen LogP) is 3.04. The lowest BCUT2D eigenvalue weighted by Crippen LogP contribution is -2.42. The lowest BCUT2D eigenvalue weighted by molar-refractivity contribution is 0.251. The number of likely N-dealkylation sites (tertiary alicyclic amines) is 1. The van der Waals surface area contributed by atoms with Crippen molar-refractivity contribution in [3.8, 4) is 0 Å². The number of rotatable bonds is 10. The van der Waals surface area contributed by atoms with Gasteiger partial charge in [0, 0.05) is 19.6 Å². The molecule has 0 saturated carbocycles. The Kier molecular flexibility index (Phi) is 11.2. The number of guanidine groups is 1. The van der Waals surface area contributed by atoms with Gasteiger partial charge in [-0.3, -0.25) is 9.89 Å². The molecule has 0 amide bonds. The van der Waals surface area contributed by atoms with Crippen LogP contribution in [0.5, 0.6) is 0 Å². The quantitative estimate of drug-likeness (QED) is 0.175. The molecule has 1 unspecified atom stereocenters. The number of halogens is 1. The van der Waals surface area contributed by atoms with Crippen molar-refractivity contribution < 1.29 is 8.42 Å². The van der Waals surface area contributed by atoms with Crippen LogP contribution in [0.3, 0.4) is 0 Å². The lowest BCUT2D eigenvalue weighted by atomic mass is 10.1.